The molecule has 0 aromatic heterocycles. The van der Waals surface area contributed by atoms with Crippen molar-refractivity contribution in [1.82, 2.24) is 0 Å². The van der Waals surface area contributed by atoms with E-state index in [1.165, 1.54) is 0 Å². The molecule has 0 aliphatic heterocycles. The number of ether oxygens (including phenoxy) is 1. The van der Waals surface area contributed by atoms with E-state index in [1.807, 2.05) is 49.4 Å². The average molecular weight is 320 g/mol. The molecule has 2 nitrogen and oxygen atoms in total. The zero-order valence-electron chi connectivity index (χ0n) is 14.5. The summed E-state index contributed by atoms with van der Waals surface area (Å²) in [6, 6.07) is 15.8. The van der Waals surface area contributed by atoms with E-state index in [-0.39, 0.29) is 5.78 Å². The molecule has 0 bridgehead atoms. The number of hydrogen-bond acceptors (Lipinski definition) is 2. The third-order valence-corrected chi connectivity index (χ3v) is 5.01. The highest BCUT2D eigenvalue weighted by Crippen LogP contribution is 2.48. The van der Waals surface area contributed by atoms with Crippen molar-refractivity contribution in [2.24, 2.45) is 0 Å². The normalized spacial score (nSPS) is 19.6. The summed E-state index contributed by atoms with van der Waals surface area (Å²) in [5.74, 6) is 0.129. The van der Waals surface area contributed by atoms with E-state index in [9.17, 15) is 4.79 Å². The van der Waals surface area contributed by atoms with Crippen LogP contribution in [0.1, 0.15) is 53.7 Å². The molecule has 2 aromatic rings. The molecule has 1 aliphatic rings. The summed E-state index contributed by atoms with van der Waals surface area (Å²) < 4.78 is 5.81. The summed E-state index contributed by atoms with van der Waals surface area (Å²) in [6.07, 6.45) is 2.17. The van der Waals surface area contributed by atoms with Crippen molar-refractivity contribution < 1.29 is 9.53 Å². The van der Waals surface area contributed by atoms with Gasteiger partial charge in [-0.3, -0.25) is 4.79 Å². The molecule has 0 amide bonds. The maximum Gasteiger partial charge on any atom is 0.178 e. The molecule has 0 heterocycles. The Morgan fingerprint density at radius 2 is 1.71 bits per heavy atom. The number of unbranched alkanes of at least 4 members (excludes halogenated alkanes) is 1. The Morgan fingerprint density at radius 3 is 2.42 bits per heavy atom. The number of carbonyl (C=O) groups is 1. The molecule has 2 aromatic carbocycles. The average Bonchev–Trinajstić information content (AvgIpc) is 2.82. The zero-order valence-corrected chi connectivity index (χ0v) is 14.5. The summed E-state index contributed by atoms with van der Waals surface area (Å²) in [5.41, 5.74) is 3.97. The third kappa shape index (κ3) is 2.61. The Labute approximate surface area is 144 Å². The molecule has 1 atom stereocenters. The summed E-state index contributed by atoms with van der Waals surface area (Å²) in [7, 11) is 0. The number of Topliss-reactive ketones (excluding diaryl/α,β-unsaturated/α-hetero) is 1. The number of fused-ring (bicyclic) bond motifs is 1. The fraction of sp³-hybridized carbons (Fsp3) is 0.318. The lowest BCUT2D eigenvalue weighted by Crippen LogP contribution is -2.29. The minimum atomic E-state index is -0.714. The van der Waals surface area contributed by atoms with Crippen LogP contribution >= 0.6 is 0 Å². The Bertz CT molecular complexity index is 738. The first kappa shape index (κ1) is 16.7. The van der Waals surface area contributed by atoms with Gasteiger partial charge in [0.25, 0.3) is 0 Å². The highest BCUT2D eigenvalue weighted by atomic mass is 16.5. The van der Waals surface area contributed by atoms with Gasteiger partial charge >= 0.3 is 0 Å². The fourth-order valence-corrected chi connectivity index (χ4v) is 3.47. The Morgan fingerprint density at radius 1 is 1.04 bits per heavy atom. The first-order chi connectivity index (χ1) is 11.6. The topological polar surface area (TPSA) is 26.3 Å². The van der Waals surface area contributed by atoms with Crippen LogP contribution in [0.3, 0.4) is 0 Å². The molecule has 1 unspecified atom stereocenters. The molecule has 0 spiro atoms. The van der Waals surface area contributed by atoms with E-state index in [2.05, 4.69) is 19.6 Å². The number of hydrogen-bond donors (Lipinski definition) is 0. The lowest BCUT2D eigenvalue weighted by atomic mass is 9.74. The van der Waals surface area contributed by atoms with E-state index >= 15 is 0 Å². The van der Waals surface area contributed by atoms with Gasteiger partial charge in [-0.05, 0) is 35.6 Å². The fourth-order valence-electron chi connectivity index (χ4n) is 3.47. The SMILES string of the molecule is C=C1c2ccccc2C(=O)C1(C)c1ccccc1COCCCC. The molecule has 124 valence electrons. The summed E-state index contributed by atoms with van der Waals surface area (Å²) >= 11 is 0. The Kier molecular flexibility index (Phi) is 4.68. The molecule has 3 rings (SSSR count). The third-order valence-electron chi connectivity index (χ3n) is 5.01. The smallest absolute Gasteiger partial charge is 0.178 e. The van der Waals surface area contributed by atoms with Crippen LogP contribution in [0, 0.1) is 0 Å². The predicted molar refractivity (Wildman–Crippen MR) is 98.2 cm³/mol. The van der Waals surface area contributed by atoms with Crippen molar-refractivity contribution in [2.45, 2.75) is 38.7 Å². The molecule has 0 fully saturated rings. The van der Waals surface area contributed by atoms with Crippen molar-refractivity contribution in [1.29, 1.82) is 0 Å². The minimum Gasteiger partial charge on any atom is -0.377 e. The highest BCUT2D eigenvalue weighted by molar-refractivity contribution is 6.20. The molecule has 0 saturated carbocycles. The number of allylic oxidation sites excluding steroid dienone is 1. The van der Waals surface area contributed by atoms with E-state index < -0.39 is 5.41 Å². The van der Waals surface area contributed by atoms with Crippen LogP contribution in [0.4, 0.5) is 0 Å². The highest BCUT2D eigenvalue weighted by Gasteiger charge is 2.46. The molecule has 24 heavy (non-hydrogen) atoms. The summed E-state index contributed by atoms with van der Waals surface area (Å²) in [5, 5.41) is 0. The molecule has 2 heteroatoms. The minimum absolute atomic E-state index is 0.129. The number of carbonyl (C=O) groups excluding carboxylic acids is 1. The largest absolute Gasteiger partial charge is 0.377 e. The summed E-state index contributed by atoms with van der Waals surface area (Å²) in [6.45, 7) is 9.68. The second kappa shape index (κ2) is 6.74. The van der Waals surface area contributed by atoms with Crippen LogP contribution in [0.5, 0.6) is 0 Å². The lowest BCUT2D eigenvalue weighted by Gasteiger charge is -2.27. The Balaban J connectivity index is 1.97. The van der Waals surface area contributed by atoms with Crippen molar-refractivity contribution in [2.75, 3.05) is 6.61 Å². The second-order valence-corrected chi connectivity index (χ2v) is 6.54. The van der Waals surface area contributed by atoms with E-state index in [1.54, 1.807) is 0 Å². The van der Waals surface area contributed by atoms with Gasteiger partial charge in [0.05, 0.1) is 12.0 Å². The van der Waals surface area contributed by atoms with Gasteiger partial charge in [-0.25, -0.2) is 0 Å². The Hall–Kier alpha value is -2.19. The second-order valence-electron chi connectivity index (χ2n) is 6.54. The van der Waals surface area contributed by atoms with Gasteiger partial charge in [0.2, 0.25) is 0 Å². The predicted octanol–water partition coefficient (Wildman–Crippen LogP) is 5.17. The van der Waals surface area contributed by atoms with Gasteiger partial charge in [-0.1, -0.05) is 68.5 Å². The van der Waals surface area contributed by atoms with Gasteiger partial charge in [-0.2, -0.15) is 0 Å². The van der Waals surface area contributed by atoms with Gasteiger partial charge in [0.15, 0.2) is 5.78 Å². The molecular formula is C22H24O2. The monoisotopic (exact) mass is 320 g/mol. The maximum absolute atomic E-state index is 13.2. The number of rotatable bonds is 6. The standard InChI is InChI=1S/C22H24O2/c1-4-5-14-24-15-17-10-6-9-13-20(17)22(3)16(2)18-11-7-8-12-19(18)21(22)23/h6-13H,2,4-5,14-15H2,1,3H3. The van der Waals surface area contributed by atoms with Crippen molar-refractivity contribution in [3.05, 3.63) is 77.4 Å². The van der Waals surface area contributed by atoms with E-state index in [0.717, 1.165) is 47.3 Å². The van der Waals surface area contributed by atoms with Crippen LogP contribution in [0.25, 0.3) is 5.57 Å². The molecule has 0 saturated heterocycles. The maximum atomic E-state index is 13.2. The quantitative estimate of drug-likeness (QED) is 0.686. The van der Waals surface area contributed by atoms with Crippen LogP contribution < -0.4 is 0 Å². The van der Waals surface area contributed by atoms with Crippen molar-refractivity contribution in [3.8, 4) is 0 Å². The number of benzene rings is 2. The van der Waals surface area contributed by atoms with Crippen LogP contribution in [0.2, 0.25) is 0 Å². The first-order valence-electron chi connectivity index (χ1n) is 8.60. The van der Waals surface area contributed by atoms with Crippen LogP contribution in [0.15, 0.2) is 55.1 Å². The number of ketones is 1. The van der Waals surface area contributed by atoms with Gasteiger partial charge in [0.1, 0.15) is 0 Å². The lowest BCUT2D eigenvalue weighted by molar-refractivity contribution is 0.0936. The van der Waals surface area contributed by atoms with Crippen LogP contribution in [-0.2, 0) is 16.8 Å². The van der Waals surface area contributed by atoms with Gasteiger partial charge in [0, 0.05) is 12.2 Å². The molecular weight excluding hydrogens is 296 g/mol. The summed E-state index contributed by atoms with van der Waals surface area (Å²) in [4.78, 5) is 13.2. The molecule has 1 aliphatic carbocycles. The van der Waals surface area contributed by atoms with Crippen molar-refractivity contribution >= 4 is 11.4 Å². The molecule has 0 N–H and O–H groups in total. The van der Waals surface area contributed by atoms with Gasteiger partial charge < -0.3 is 4.74 Å². The van der Waals surface area contributed by atoms with Crippen molar-refractivity contribution in [3.63, 3.8) is 0 Å². The van der Waals surface area contributed by atoms with Crippen LogP contribution in [-0.4, -0.2) is 12.4 Å². The molecule has 0 radical (unpaired) electrons. The van der Waals surface area contributed by atoms with E-state index in [0.29, 0.717) is 6.61 Å². The van der Waals surface area contributed by atoms with E-state index in [4.69, 9.17) is 4.74 Å². The first-order valence-corrected chi connectivity index (χ1v) is 8.60. The zero-order chi connectivity index (χ0) is 17.2. The van der Waals surface area contributed by atoms with Gasteiger partial charge in [-0.15, -0.1) is 0 Å².